The number of rotatable bonds is 6. The van der Waals surface area contributed by atoms with E-state index in [1.807, 2.05) is 0 Å². The summed E-state index contributed by atoms with van der Waals surface area (Å²) in [4.78, 5) is 4.18. The van der Waals surface area contributed by atoms with Gasteiger partial charge in [-0.3, -0.25) is 4.99 Å². The van der Waals surface area contributed by atoms with E-state index in [1.165, 1.54) is 0 Å². The largest absolute Gasteiger partial charge is 0.373 e. The number of halogens is 3. The molecule has 0 bridgehead atoms. The molecular weight excluding hydrogens is 481 g/mol. The van der Waals surface area contributed by atoms with E-state index in [1.54, 1.807) is 7.05 Å². The van der Waals surface area contributed by atoms with Crippen LogP contribution in [0, 0.1) is 5.92 Å². The summed E-state index contributed by atoms with van der Waals surface area (Å²) in [7, 11) is -2.77. The Morgan fingerprint density at radius 1 is 1.35 bits per heavy atom. The van der Waals surface area contributed by atoms with Crippen molar-refractivity contribution in [2.24, 2.45) is 10.9 Å². The van der Waals surface area contributed by atoms with Crippen LogP contribution in [0.3, 0.4) is 0 Å². The van der Waals surface area contributed by atoms with Gasteiger partial charge in [-0.25, -0.2) is 8.42 Å². The Balaban J connectivity index is 0.00000338. The average molecular weight is 510 g/mol. The summed E-state index contributed by atoms with van der Waals surface area (Å²) >= 11 is 0. The van der Waals surface area contributed by atoms with Crippen LogP contribution in [-0.2, 0) is 14.8 Å². The minimum absolute atomic E-state index is 0. The Bertz CT molecular complexity index is 563. The van der Waals surface area contributed by atoms with E-state index in [9.17, 15) is 17.2 Å². The highest BCUT2D eigenvalue weighted by atomic mass is 127. The number of alkyl halides is 2. The molecule has 11 heteroatoms. The molecule has 2 aliphatic heterocycles. The van der Waals surface area contributed by atoms with Gasteiger partial charge in [-0.05, 0) is 38.5 Å². The zero-order chi connectivity index (χ0) is 18.5. The Labute approximate surface area is 171 Å². The maximum Gasteiger partial charge on any atom is 0.350 e. The van der Waals surface area contributed by atoms with Gasteiger partial charge in [-0.15, -0.1) is 24.0 Å². The van der Waals surface area contributed by atoms with Crippen LogP contribution >= 0.6 is 24.0 Å². The van der Waals surface area contributed by atoms with Crippen molar-refractivity contribution < 1.29 is 21.9 Å². The molecule has 26 heavy (non-hydrogen) atoms. The zero-order valence-electron chi connectivity index (χ0n) is 15.2. The molecule has 0 aliphatic carbocycles. The van der Waals surface area contributed by atoms with Gasteiger partial charge in [0, 0.05) is 39.8 Å². The molecule has 0 radical (unpaired) electrons. The molecule has 1 atom stereocenters. The first-order valence-electron chi connectivity index (χ1n) is 8.62. The second kappa shape index (κ2) is 10.3. The molecule has 0 amide bonds. The van der Waals surface area contributed by atoms with E-state index < -0.39 is 15.8 Å². The van der Waals surface area contributed by atoms with Gasteiger partial charge in [0.05, 0.1) is 5.60 Å². The molecule has 0 spiro atoms. The molecule has 0 aromatic rings. The van der Waals surface area contributed by atoms with E-state index >= 15 is 0 Å². The van der Waals surface area contributed by atoms with Crippen LogP contribution < -0.4 is 10.6 Å². The molecule has 2 aliphatic rings. The van der Waals surface area contributed by atoms with E-state index in [4.69, 9.17) is 4.74 Å². The van der Waals surface area contributed by atoms with Gasteiger partial charge in [0.1, 0.15) is 0 Å². The molecule has 2 N–H and O–H groups in total. The maximum absolute atomic E-state index is 12.6. The second-order valence-electron chi connectivity index (χ2n) is 6.86. The number of guanidine groups is 1. The predicted octanol–water partition coefficient (Wildman–Crippen LogP) is 1.60. The van der Waals surface area contributed by atoms with Crippen molar-refractivity contribution in [3.63, 3.8) is 0 Å². The Kier molecular flexibility index (Phi) is 9.44. The van der Waals surface area contributed by atoms with Crippen molar-refractivity contribution in [1.29, 1.82) is 0 Å². The monoisotopic (exact) mass is 510 g/mol. The first-order valence-corrected chi connectivity index (χ1v) is 10.1. The smallest absolute Gasteiger partial charge is 0.350 e. The predicted molar refractivity (Wildman–Crippen MR) is 108 cm³/mol. The van der Waals surface area contributed by atoms with Crippen molar-refractivity contribution in [2.45, 2.75) is 44.0 Å². The molecule has 2 heterocycles. The lowest BCUT2D eigenvalue weighted by Gasteiger charge is -2.31. The number of hydrogen-bond donors (Lipinski definition) is 2. The van der Waals surface area contributed by atoms with E-state index in [2.05, 4.69) is 22.5 Å². The maximum atomic E-state index is 12.6. The minimum atomic E-state index is -4.45. The van der Waals surface area contributed by atoms with Crippen LogP contribution in [0.5, 0.6) is 0 Å². The molecular formula is C15H29F2IN4O3S. The van der Waals surface area contributed by atoms with Crippen molar-refractivity contribution in [3.8, 4) is 0 Å². The van der Waals surface area contributed by atoms with Gasteiger partial charge >= 0.3 is 5.76 Å². The highest BCUT2D eigenvalue weighted by Gasteiger charge is 2.35. The van der Waals surface area contributed by atoms with E-state index in [0.717, 1.165) is 23.8 Å². The quantitative estimate of drug-likeness (QED) is 0.323. The highest BCUT2D eigenvalue weighted by Crippen LogP contribution is 2.24. The molecule has 1 unspecified atom stereocenters. The summed E-state index contributed by atoms with van der Waals surface area (Å²) < 4.78 is 54.7. The fraction of sp³-hybridized carbons (Fsp3) is 0.933. The summed E-state index contributed by atoms with van der Waals surface area (Å²) in [6.45, 7) is 4.41. The molecule has 7 nitrogen and oxygen atoms in total. The third-order valence-corrected chi connectivity index (χ3v) is 6.41. The lowest BCUT2D eigenvalue weighted by molar-refractivity contribution is 0.0242. The molecule has 0 aromatic carbocycles. The van der Waals surface area contributed by atoms with E-state index in [-0.39, 0.29) is 48.6 Å². The number of nitrogens with zero attached hydrogens (tertiary/aromatic N) is 2. The van der Waals surface area contributed by atoms with Crippen LogP contribution in [0.25, 0.3) is 0 Å². The van der Waals surface area contributed by atoms with Gasteiger partial charge in [-0.1, -0.05) is 0 Å². The van der Waals surface area contributed by atoms with Gasteiger partial charge in [0.25, 0.3) is 10.0 Å². The third kappa shape index (κ3) is 6.41. The lowest BCUT2D eigenvalue weighted by Crippen LogP contribution is -2.48. The fourth-order valence-electron chi connectivity index (χ4n) is 3.19. The Hall–Kier alpha value is -0.270. The normalized spacial score (nSPS) is 26.0. The molecule has 0 saturated carbocycles. The van der Waals surface area contributed by atoms with Crippen molar-refractivity contribution in [1.82, 2.24) is 14.9 Å². The standard InChI is InChI=1S/C15H28F2N4O3S.HI/c1-15(6-3-9-24-15)11-20-14(18-2)19-10-12-4-7-21(8-5-12)25(22,23)13(16)17;/h12-13H,3-11H2,1-2H3,(H2,18,19,20);1H. The number of piperidine rings is 1. The topological polar surface area (TPSA) is 83.0 Å². The van der Waals surface area contributed by atoms with Gasteiger partial charge in [0.2, 0.25) is 0 Å². The second-order valence-corrected chi connectivity index (χ2v) is 8.76. The lowest BCUT2D eigenvalue weighted by atomic mass is 9.98. The number of ether oxygens (including phenoxy) is 1. The fourth-order valence-corrected chi connectivity index (χ4v) is 4.13. The first kappa shape index (κ1) is 23.8. The summed E-state index contributed by atoms with van der Waals surface area (Å²) in [6, 6.07) is 0. The summed E-state index contributed by atoms with van der Waals surface area (Å²) in [5.74, 6) is -2.45. The summed E-state index contributed by atoms with van der Waals surface area (Å²) in [6.07, 6.45) is 3.17. The minimum Gasteiger partial charge on any atom is -0.373 e. The molecule has 0 aromatic heterocycles. The summed E-state index contributed by atoms with van der Waals surface area (Å²) in [5.41, 5.74) is -0.174. The Morgan fingerprint density at radius 3 is 2.50 bits per heavy atom. The number of sulfonamides is 1. The van der Waals surface area contributed by atoms with Gasteiger partial charge in [-0.2, -0.15) is 13.1 Å². The highest BCUT2D eigenvalue weighted by molar-refractivity contribution is 14.0. The summed E-state index contributed by atoms with van der Waals surface area (Å²) in [5, 5.41) is 6.47. The van der Waals surface area contributed by atoms with Crippen LogP contribution in [0.2, 0.25) is 0 Å². The van der Waals surface area contributed by atoms with Crippen molar-refractivity contribution in [2.75, 3.05) is 39.8 Å². The van der Waals surface area contributed by atoms with Crippen molar-refractivity contribution >= 4 is 40.0 Å². The van der Waals surface area contributed by atoms with Crippen LogP contribution in [0.15, 0.2) is 4.99 Å². The molecule has 2 fully saturated rings. The van der Waals surface area contributed by atoms with Crippen LogP contribution in [-0.4, -0.2) is 69.9 Å². The van der Waals surface area contributed by atoms with Crippen LogP contribution in [0.4, 0.5) is 8.78 Å². The average Bonchev–Trinajstić information content (AvgIpc) is 3.02. The number of hydrogen-bond acceptors (Lipinski definition) is 4. The Morgan fingerprint density at radius 2 is 2.00 bits per heavy atom. The molecule has 2 saturated heterocycles. The zero-order valence-corrected chi connectivity index (χ0v) is 18.4. The van der Waals surface area contributed by atoms with Crippen molar-refractivity contribution in [3.05, 3.63) is 0 Å². The van der Waals surface area contributed by atoms with Crippen LogP contribution in [0.1, 0.15) is 32.6 Å². The molecule has 154 valence electrons. The number of aliphatic imine (C=N–C) groups is 1. The SMILES string of the molecule is CN=C(NCC1CCN(S(=O)(=O)C(F)F)CC1)NCC1(C)CCCO1.I. The molecule has 2 rings (SSSR count). The van der Waals surface area contributed by atoms with E-state index in [0.29, 0.717) is 31.9 Å². The van der Waals surface area contributed by atoms with Gasteiger partial charge in [0.15, 0.2) is 5.96 Å². The first-order chi connectivity index (χ1) is 11.8. The number of nitrogens with one attached hydrogen (secondary N) is 2. The third-order valence-electron chi connectivity index (χ3n) is 4.87. The van der Waals surface area contributed by atoms with Gasteiger partial charge < -0.3 is 15.4 Å².